The van der Waals surface area contributed by atoms with Gasteiger partial charge >= 0.3 is 0 Å². The minimum Gasteiger partial charge on any atom is -0.411 e. The highest BCUT2D eigenvalue weighted by atomic mass is 16.5. The van der Waals surface area contributed by atoms with E-state index in [9.17, 15) is 0 Å². The van der Waals surface area contributed by atoms with Crippen LogP contribution in [0.1, 0.15) is 18.4 Å². The van der Waals surface area contributed by atoms with Crippen molar-refractivity contribution in [3.8, 4) is 0 Å². The molecule has 0 bridgehead atoms. The average Bonchev–Trinajstić information content (AvgIpc) is 2.32. The topological polar surface area (TPSA) is 84.6 Å². The van der Waals surface area contributed by atoms with Gasteiger partial charge in [-0.3, -0.25) is 0 Å². The average molecular weight is 155 g/mol. The second-order valence-corrected chi connectivity index (χ2v) is 2.19. The molecule has 60 valence electrons. The predicted octanol–water partition coefficient (Wildman–Crippen LogP) is 0.763. The smallest absolute Gasteiger partial charge is 0.157 e. The van der Waals surface area contributed by atoms with E-state index in [0.29, 0.717) is 22.9 Å². The molecular weight excluding hydrogens is 146 g/mol. The minimum atomic E-state index is 0.347. The predicted molar refractivity (Wildman–Crippen MR) is 39.6 cm³/mol. The molecule has 0 unspecified atom stereocenters. The lowest BCUT2D eigenvalue weighted by molar-refractivity contribution is 0.318. The first-order valence-electron chi connectivity index (χ1n) is 3.07. The summed E-state index contributed by atoms with van der Waals surface area (Å²) in [5.74, 6) is 0.531. The fraction of sp³-hybridized carbons (Fsp3) is 0.333. The second kappa shape index (κ2) is 2.61. The van der Waals surface area contributed by atoms with Gasteiger partial charge in [0.1, 0.15) is 11.4 Å². The monoisotopic (exact) mass is 155 g/mol. The van der Waals surface area contributed by atoms with Crippen LogP contribution >= 0.6 is 0 Å². The summed E-state index contributed by atoms with van der Waals surface area (Å²) in [6, 6.07) is 0. The molecule has 5 nitrogen and oxygen atoms in total. The van der Waals surface area contributed by atoms with Gasteiger partial charge in [-0.15, -0.1) is 0 Å². The number of aromatic nitrogens is 1. The highest BCUT2D eigenvalue weighted by Gasteiger charge is 2.11. The van der Waals surface area contributed by atoms with E-state index in [1.54, 1.807) is 13.8 Å². The van der Waals surface area contributed by atoms with Crippen LogP contribution in [-0.4, -0.2) is 16.1 Å². The first-order chi connectivity index (χ1) is 5.16. The van der Waals surface area contributed by atoms with Crippen LogP contribution in [0.2, 0.25) is 0 Å². The molecule has 0 atom stereocenters. The first-order valence-corrected chi connectivity index (χ1v) is 3.07. The molecule has 0 aliphatic carbocycles. The lowest BCUT2D eigenvalue weighted by Crippen LogP contribution is -1.99. The number of nitrogens with two attached hydrogens (primary N) is 1. The Hall–Kier alpha value is -1.52. The number of oxime groups is 1. The van der Waals surface area contributed by atoms with Crippen molar-refractivity contribution in [2.75, 3.05) is 5.73 Å². The normalized spacial score (nSPS) is 12.0. The van der Waals surface area contributed by atoms with Gasteiger partial charge < -0.3 is 15.5 Å². The molecule has 1 aromatic heterocycles. The molecule has 1 rings (SSSR count). The molecule has 3 N–H and O–H groups in total. The molecule has 0 spiro atoms. The van der Waals surface area contributed by atoms with Crippen molar-refractivity contribution in [1.82, 2.24) is 5.16 Å². The van der Waals surface area contributed by atoms with Crippen LogP contribution in [-0.2, 0) is 0 Å². The summed E-state index contributed by atoms with van der Waals surface area (Å²) in [5.41, 5.74) is 6.69. The van der Waals surface area contributed by atoms with Gasteiger partial charge in [0.2, 0.25) is 0 Å². The SMILES string of the molecule is CC(=NO)c1noc(C)c1N. The third kappa shape index (κ3) is 1.17. The maximum Gasteiger partial charge on any atom is 0.157 e. The molecule has 1 heterocycles. The van der Waals surface area contributed by atoms with Gasteiger partial charge in [0.15, 0.2) is 11.5 Å². The van der Waals surface area contributed by atoms with E-state index in [2.05, 4.69) is 10.3 Å². The lowest BCUT2D eigenvalue weighted by Gasteiger charge is -1.90. The van der Waals surface area contributed by atoms with Gasteiger partial charge in [0.05, 0.1) is 0 Å². The Labute approximate surface area is 63.5 Å². The summed E-state index contributed by atoms with van der Waals surface area (Å²) >= 11 is 0. The highest BCUT2D eigenvalue weighted by molar-refractivity contribution is 6.00. The van der Waals surface area contributed by atoms with Crippen molar-refractivity contribution in [2.24, 2.45) is 5.16 Å². The Morgan fingerprint density at radius 1 is 1.73 bits per heavy atom. The van der Waals surface area contributed by atoms with Crippen LogP contribution in [0.4, 0.5) is 5.69 Å². The van der Waals surface area contributed by atoms with Gasteiger partial charge in [-0.25, -0.2) is 0 Å². The molecule has 0 saturated heterocycles. The third-order valence-corrected chi connectivity index (χ3v) is 1.40. The summed E-state index contributed by atoms with van der Waals surface area (Å²) in [4.78, 5) is 0. The zero-order chi connectivity index (χ0) is 8.43. The quantitative estimate of drug-likeness (QED) is 0.356. The van der Waals surface area contributed by atoms with E-state index in [0.717, 1.165) is 0 Å². The molecule has 0 fully saturated rings. The number of aryl methyl sites for hydroxylation is 1. The maximum atomic E-state index is 8.37. The van der Waals surface area contributed by atoms with E-state index >= 15 is 0 Å². The van der Waals surface area contributed by atoms with Gasteiger partial charge in [-0.1, -0.05) is 10.3 Å². The van der Waals surface area contributed by atoms with E-state index in [4.69, 9.17) is 15.5 Å². The van der Waals surface area contributed by atoms with Crippen LogP contribution < -0.4 is 5.73 Å². The minimum absolute atomic E-state index is 0.347. The fourth-order valence-electron chi connectivity index (χ4n) is 0.688. The second-order valence-electron chi connectivity index (χ2n) is 2.19. The molecule has 0 aromatic carbocycles. The standard InChI is InChI=1S/C6H9N3O2/c1-3(8-10)6-5(7)4(2)11-9-6/h10H,7H2,1-2H3. The Morgan fingerprint density at radius 2 is 2.36 bits per heavy atom. The van der Waals surface area contributed by atoms with Crippen LogP contribution in [0.3, 0.4) is 0 Å². The van der Waals surface area contributed by atoms with Gasteiger partial charge in [-0.05, 0) is 13.8 Å². The van der Waals surface area contributed by atoms with Gasteiger partial charge in [0.25, 0.3) is 0 Å². The van der Waals surface area contributed by atoms with Crippen molar-refractivity contribution >= 4 is 11.4 Å². The van der Waals surface area contributed by atoms with Crippen molar-refractivity contribution in [3.63, 3.8) is 0 Å². The Balaban J connectivity index is 3.15. The van der Waals surface area contributed by atoms with Crippen LogP contribution in [0.5, 0.6) is 0 Å². The Kier molecular flexibility index (Phi) is 1.80. The van der Waals surface area contributed by atoms with Crippen LogP contribution in [0, 0.1) is 6.92 Å². The van der Waals surface area contributed by atoms with Gasteiger partial charge in [-0.2, -0.15) is 0 Å². The molecule has 0 aliphatic heterocycles. The third-order valence-electron chi connectivity index (χ3n) is 1.40. The molecule has 11 heavy (non-hydrogen) atoms. The van der Waals surface area contributed by atoms with Crippen molar-refractivity contribution in [2.45, 2.75) is 13.8 Å². The number of hydrogen-bond donors (Lipinski definition) is 2. The van der Waals surface area contributed by atoms with Crippen LogP contribution in [0.25, 0.3) is 0 Å². The molecule has 0 aliphatic rings. The largest absolute Gasteiger partial charge is 0.411 e. The van der Waals surface area contributed by atoms with Crippen molar-refractivity contribution in [3.05, 3.63) is 11.5 Å². The molecular formula is C6H9N3O2. The number of rotatable bonds is 1. The number of hydrogen-bond acceptors (Lipinski definition) is 5. The number of anilines is 1. The van der Waals surface area contributed by atoms with E-state index < -0.39 is 0 Å². The number of nitrogens with zero attached hydrogens (tertiary/aromatic N) is 2. The van der Waals surface area contributed by atoms with Gasteiger partial charge in [0, 0.05) is 0 Å². The number of nitrogen functional groups attached to an aromatic ring is 1. The first kappa shape index (κ1) is 7.59. The maximum absolute atomic E-state index is 8.37. The Bertz CT molecular complexity index is 290. The molecule has 0 amide bonds. The summed E-state index contributed by atoms with van der Waals surface area (Å²) < 4.78 is 4.75. The fourth-order valence-corrected chi connectivity index (χ4v) is 0.688. The summed E-state index contributed by atoms with van der Waals surface area (Å²) in [6.45, 7) is 3.28. The molecule has 5 heteroatoms. The summed E-state index contributed by atoms with van der Waals surface area (Å²) in [5, 5.41) is 14.9. The molecule has 0 saturated carbocycles. The Morgan fingerprint density at radius 3 is 2.73 bits per heavy atom. The van der Waals surface area contributed by atoms with Crippen molar-refractivity contribution < 1.29 is 9.73 Å². The molecule has 1 aromatic rings. The zero-order valence-corrected chi connectivity index (χ0v) is 6.33. The summed E-state index contributed by atoms with van der Waals surface area (Å²) in [6.07, 6.45) is 0. The van der Waals surface area contributed by atoms with Crippen LogP contribution in [0.15, 0.2) is 9.68 Å². The van der Waals surface area contributed by atoms with E-state index in [1.807, 2.05) is 0 Å². The molecule has 0 radical (unpaired) electrons. The highest BCUT2D eigenvalue weighted by Crippen LogP contribution is 2.15. The summed E-state index contributed by atoms with van der Waals surface area (Å²) in [7, 11) is 0. The van der Waals surface area contributed by atoms with E-state index in [-0.39, 0.29) is 0 Å². The zero-order valence-electron chi connectivity index (χ0n) is 6.33. The lowest BCUT2D eigenvalue weighted by atomic mass is 10.2. The van der Waals surface area contributed by atoms with Crippen molar-refractivity contribution in [1.29, 1.82) is 0 Å². The van der Waals surface area contributed by atoms with E-state index in [1.165, 1.54) is 0 Å².